The quantitative estimate of drug-likeness (QED) is 0.772. The maximum atomic E-state index is 11.8. The molecule has 0 bridgehead atoms. The summed E-state index contributed by atoms with van der Waals surface area (Å²) < 4.78 is 0. The van der Waals surface area contributed by atoms with Crippen molar-refractivity contribution in [2.24, 2.45) is 5.73 Å². The van der Waals surface area contributed by atoms with Gasteiger partial charge in [0.2, 0.25) is 11.8 Å². The molecule has 0 aliphatic carbocycles. The highest BCUT2D eigenvalue weighted by atomic mass is 16.2. The number of likely N-dealkylation sites (N-methyl/N-ethyl adjacent to an activating group) is 1. The average molecular weight is 234 g/mol. The summed E-state index contributed by atoms with van der Waals surface area (Å²) in [5.74, 6) is -0.568. The summed E-state index contributed by atoms with van der Waals surface area (Å²) in [6.07, 6.45) is 3.25. The van der Waals surface area contributed by atoms with Gasteiger partial charge in [-0.15, -0.1) is 0 Å². The molecule has 2 N–H and O–H groups in total. The molecule has 91 valence electrons. The fraction of sp³-hybridized carbons (Fsp3) is 0.333. The van der Waals surface area contributed by atoms with Crippen LogP contribution < -0.4 is 5.73 Å². The van der Waals surface area contributed by atoms with E-state index in [2.05, 4.69) is 4.98 Å². The predicted molar refractivity (Wildman–Crippen MR) is 63.7 cm³/mol. The molecule has 0 saturated heterocycles. The number of pyridine rings is 1. The fourth-order valence-corrected chi connectivity index (χ4v) is 1.35. The second-order valence-corrected chi connectivity index (χ2v) is 3.53. The Hall–Kier alpha value is -1.91. The summed E-state index contributed by atoms with van der Waals surface area (Å²) in [4.78, 5) is 28.1. The summed E-state index contributed by atoms with van der Waals surface area (Å²) in [5.41, 5.74) is 5.66. The highest BCUT2D eigenvalue weighted by molar-refractivity contribution is 5.88. The Balaban J connectivity index is 2.52. The zero-order valence-corrected chi connectivity index (χ0v) is 9.80. The highest BCUT2D eigenvalue weighted by Gasteiger charge is 2.13. The van der Waals surface area contributed by atoms with Gasteiger partial charge in [0.25, 0.3) is 0 Å². The van der Waals surface area contributed by atoms with E-state index < -0.39 is 5.91 Å². The first-order chi connectivity index (χ1) is 8.13. The van der Waals surface area contributed by atoms with Crippen LogP contribution in [0, 0.1) is 6.42 Å². The Morgan fingerprint density at radius 2 is 2.24 bits per heavy atom. The minimum atomic E-state index is -0.408. The van der Waals surface area contributed by atoms with Crippen LogP contribution in [0.15, 0.2) is 24.4 Å². The first-order valence-corrected chi connectivity index (χ1v) is 5.46. The van der Waals surface area contributed by atoms with E-state index in [1.54, 1.807) is 23.2 Å². The van der Waals surface area contributed by atoms with Gasteiger partial charge in [0, 0.05) is 25.7 Å². The van der Waals surface area contributed by atoms with E-state index in [4.69, 9.17) is 5.73 Å². The van der Waals surface area contributed by atoms with Crippen LogP contribution in [-0.4, -0.2) is 34.8 Å². The molecule has 1 aromatic heterocycles. The predicted octanol–water partition coefficient (Wildman–Crippen LogP) is 0.358. The van der Waals surface area contributed by atoms with Gasteiger partial charge in [0.05, 0.1) is 12.1 Å². The molecule has 1 heterocycles. The van der Waals surface area contributed by atoms with Crippen molar-refractivity contribution in [2.45, 2.75) is 13.3 Å². The van der Waals surface area contributed by atoms with Crippen LogP contribution in [0.3, 0.4) is 0 Å². The maximum Gasteiger partial charge on any atom is 0.232 e. The summed E-state index contributed by atoms with van der Waals surface area (Å²) in [7, 11) is 0. The van der Waals surface area contributed by atoms with E-state index >= 15 is 0 Å². The summed E-state index contributed by atoms with van der Waals surface area (Å²) in [6.45, 7) is 2.73. The third kappa shape index (κ3) is 4.63. The Morgan fingerprint density at radius 1 is 1.47 bits per heavy atom. The molecule has 5 heteroatoms. The topological polar surface area (TPSA) is 76.3 Å². The SMILES string of the molecule is CCN(CCC(N)=O)C(=O)[CH]c1ccccn1. The van der Waals surface area contributed by atoms with E-state index in [1.165, 1.54) is 6.42 Å². The van der Waals surface area contributed by atoms with Gasteiger partial charge in [-0.05, 0) is 19.1 Å². The lowest BCUT2D eigenvalue weighted by atomic mass is 10.2. The molecule has 0 aliphatic heterocycles. The third-order valence-corrected chi connectivity index (χ3v) is 2.28. The zero-order valence-electron chi connectivity index (χ0n) is 9.80. The van der Waals surface area contributed by atoms with Crippen LogP contribution in [0.1, 0.15) is 19.0 Å². The van der Waals surface area contributed by atoms with Crippen molar-refractivity contribution >= 4 is 11.8 Å². The highest BCUT2D eigenvalue weighted by Crippen LogP contribution is 2.02. The van der Waals surface area contributed by atoms with Crippen LogP contribution in [0.5, 0.6) is 0 Å². The summed E-state index contributed by atoms with van der Waals surface area (Å²) in [6, 6.07) is 5.35. The van der Waals surface area contributed by atoms with E-state index in [0.717, 1.165) is 0 Å². The van der Waals surface area contributed by atoms with Gasteiger partial charge >= 0.3 is 0 Å². The van der Waals surface area contributed by atoms with Crippen molar-refractivity contribution in [2.75, 3.05) is 13.1 Å². The van der Waals surface area contributed by atoms with Crippen molar-refractivity contribution in [1.82, 2.24) is 9.88 Å². The first kappa shape index (κ1) is 13.2. The lowest BCUT2D eigenvalue weighted by Crippen LogP contribution is -2.34. The Labute approximate surface area is 101 Å². The number of carbonyl (C=O) groups is 2. The molecule has 17 heavy (non-hydrogen) atoms. The Morgan fingerprint density at radius 3 is 2.76 bits per heavy atom. The van der Waals surface area contributed by atoms with Gasteiger partial charge in [-0.1, -0.05) is 6.07 Å². The van der Waals surface area contributed by atoms with Gasteiger partial charge in [-0.25, -0.2) is 0 Å². The summed E-state index contributed by atoms with van der Waals surface area (Å²) in [5, 5.41) is 0. The molecule has 0 aromatic carbocycles. The lowest BCUT2D eigenvalue weighted by molar-refractivity contribution is -0.127. The molecule has 0 saturated carbocycles. The molecular formula is C12H16N3O2. The average Bonchev–Trinajstić information content (AvgIpc) is 2.30. The molecule has 1 rings (SSSR count). The lowest BCUT2D eigenvalue weighted by Gasteiger charge is -2.19. The second kappa shape index (κ2) is 6.62. The van der Waals surface area contributed by atoms with Crippen molar-refractivity contribution in [1.29, 1.82) is 0 Å². The van der Waals surface area contributed by atoms with E-state index in [1.807, 2.05) is 13.0 Å². The van der Waals surface area contributed by atoms with Crippen molar-refractivity contribution in [3.05, 3.63) is 36.5 Å². The molecule has 0 fully saturated rings. The third-order valence-electron chi connectivity index (χ3n) is 2.28. The first-order valence-electron chi connectivity index (χ1n) is 5.46. The molecule has 0 spiro atoms. The van der Waals surface area contributed by atoms with Crippen molar-refractivity contribution in [3.63, 3.8) is 0 Å². The van der Waals surface area contributed by atoms with Crippen molar-refractivity contribution in [3.8, 4) is 0 Å². The molecule has 0 atom stereocenters. The Bertz CT molecular complexity index is 379. The smallest absolute Gasteiger partial charge is 0.232 e. The number of hydrogen-bond donors (Lipinski definition) is 1. The number of carbonyl (C=O) groups excluding carboxylic acids is 2. The normalized spacial score (nSPS) is 9.94. The van der Waals surface area contributed by atoms with Crippen LogP contribution in [0.2, 0.25) is 0 Å². The van der Waals surface area contributed by atoms with Crippen LogP contribution in [0.25, 0.3) is 0 Å². The van der Waals surface area contributed by atoms with Crippen molar-refractivity contribution < 1.29 is 9.59 Å². The molecule has 0 aliphatic rings. The number of amides is 2. The molecular weight excluding hydrogens is 218 g/mol. The van der Waals surface area contributed by atoms with Gasteiger partial charge in [-0.2, -0.15) is 0 Å². The van der Waals surface area contributed by atoms with Gasteiger partial charge < -0.3 is 10.6 Å². The minimum Gasteiger partial charge on any atom is -0.370 e. The molecule has 0 unspecified atom stereocenters. The monoisotopic (exact) mass is 234 g/mol. The number of rotatable bonds is 6. The second-order valence-electron chi connectivity index (χ2n) is 3.53. The minimum absolute atomic E-state index is 0.160. The number of aromatic nitrogens is 1. The standard InChI is InChI=1S/C12H16N3O2/c1-2-15(8-6-11(13)16)12(17)9-10-5-3-4-7-14-10/h3-5,7,9H,2,6,8H2,1H3,(H2,13,16). The summed E-state index contributed by atoms with van der Waals surface area (Å²) >= 11 is 0. The van der Waals surface area contributed by atoms with Crippen LogP contribution in [0.4, 0.5) is 0 Å². The number of nitrogens with zero attached hydrogens (tertiary/aromatic N) is 2. The van der Waals surface area contributed by atoms with Crippen LogP contribution in [-0.2, 0) is 9.59 Å². The maximum absolute atomic E-state index is 11.8. The van der Waals surface area contributed by atoms with E-state index in [-0.39, 0.29) is 12.3 Å². The van der Waals surface area contributed by atoms with Gasteiger partial charge in [0.15, 0.2) is 0 Å². The number of primary amides is 1. The molecule has 1 radical (unpaired) electrons. The molecule has 1 aromatic rings. The van der Waals surface area contributed by atoms with Crippen LogP contribution >= 0.6 is 0 Å². The zero-order chi connectivity index (χ0) is 12.7. The van der Waals surface area contributed by atoms with E-state index in [0.29, 0.717) is 18.8 Å². The number of hydrogen-bond acceptors (Lipinski definition) is 3. The number of nitrogens with two attached hydrogens (primary N) is 1. The Kier molecular flexibility index (Phi) is 5.13. The largest absolute Gasteiger partial charge is 0.370 e. The van der Waals surface area contributed by atoms with Gasteiger partial charge in [-0.3, -0.25) is 14.6 Å². The molecule has 5 nitrogen and oxygen atoms in total. The van der Waals surface area contributed by atoms with E-state index in [9.17, 15) is 9.59 Å². The van der Waals surface area contributed by atoms with Gasteiger partial charge in [0.1, 0.15) is 0 Å². The fourth-order valence-electron chi connectivity index (χ4n) is 1.35. The molecule has 2 amide bonds.